The molecule has 19 heavy (non-hydrogen) atoms. The summed E-state index contributed by atoms with van der Waals surface area (Å²) in [5, 5.41) is 12.2. The Balaban J connectivity index is 2.55. The molecule has 0 saturated carbocycles. The summed E-state index contributed by atoms with van der Waals surface area (Å²) in [6, 6.07) is 0.142. The standard InChI is InChI=1S/C14H26N2O3/c1-10(2)15-12(17)9-16-7-5-6-11(8-16)14(3,4)13(18)19/h10-11H,5-9H2,1-4H3,(H,15,17)(H,18,19). The summed E-state index contributed by atoms with van der Waals surface area (Å²) in [7, 11) is 0. The Morgan fingerprint density at radius 1 is 1.42 bits per heavy atom. The summed E-state index contributed by atoms with van der Waals surface area (Å²) in [6.45, 7) is 9.34. The van der Waals surface area contributed by atoms with Crippen LogP contribution in [0.15, 0.2) is 0 Å². The summed E-state index contributed by atoms with van der Waals surface area (Å²) >= 11 is 0. The Bertz CT molecular complexity index is 340. The summed E-state index contributed by atoms with van der Waals surface area (Å²) in [5.41, 5.74) is -0.729. The van der Waals surface area contributed by atoms with E-state index in [-0.39, 0.29) is 17.9 Å². The monoisotopic (exact) mass is 270 g/mol. The number of carbonyl (C=O) groups excluding carboxylic acids is 1. The first-order valence-electron chi connectivity index (χ1n) is 6.98. The molecular formula is C14H26N2O3. The van der Waals surface area contributed by atoms with Crippen LogP contribution in [0.25, 0.3) is 0 Å². The van der Waals surface area contributed by atoms with Crippen molar-refractivity contribution in [2.75, 3.05) is 19.6 Å². The zero-order valence-corrected chi connectivity index (χ0v) is 12.4. The number of amides is 1. The summed E-state index contributed by atoms with van der Waals surface area (Å²) in [5.74, 6) is -0.639. The van der Waals surface area contributed by atoms with Gasteiger partial charge < -0.3 is 10.4 Å². The third-order valence-corrected chi connectivity index (χ3v) is 3.89. The molecule has 1 unspecified atom stereocenters. The van der Waals surface area contributed by atoms with E-state index >= 15 is 0 Å². The van der Waals surface area contributed by atoms with E-state index in [1.165, 1.54) is 0 Å². The van der Waals surface area contributed by atoms with Crippen LogP contribution in [0.4, 0.5) is 0 Å². The van der Waals surface area contributed by atoms with E-state index in [2.05, 4.69) is 10.2 Å². The highest BCUT2D eigenvalue weighted by Crippen LogP contribution is 2.34. The van der Waals surface area contributed by atoms with E-state index in [0.717, 1.165) is 19.4 Å². The summed E-state index contributed by atoms with van der Waals surface area (Å²) < 4.78 is 0. The zero-order chi connectivity index (χ0) is 14.6. The molecule has 0 aromatic heterocycles. The van der Waals surface area contributed by atoms with Crippen molar-refractivity contribution in [2.45, 2.75) is 46.6 Å². The summed E-state index contributed by atoms with van der Waals surface area (Å²) in [4.78, 5) is 25.1. The number of hydrogen-bond acceptors (Lipinski definition) is 3. The number of likely N-dealkylation sites (tertiary alicyclic amines) is 1. The van der Waals surface area contributed by atoms with Crippen LogP contribution < -0.4 is 5.32 Å². The maximum atomic E-state index is 11.7. The van der Waals surface area contributed by atoms with Gasteiger partial charge in [0.15, 0.2) is 0 Å². The third-order valence-electron chi connectivity index (χ3n) is 3.89. The molecule has 5 nitrogen and oxygen atoms in total. The van der Waals surface area contributed by atoms with Crippen molar-refractivity contribution >= 4 is 11.9 Å². The van der Waals surface area contributed by atoms with Crippen LogP contribution in [0.5, 0.6) is 0 Å². The van der Waals surface area contributed by atoms with Crippen LogP contribution in [0.1, 0.15) is 40.5 Å². The lowest BCUT2D eigenvalue weighted by molar-refractivity contribution is -0.151. The van der Waals surface area contributed by atoms with Gasteiger partial charge in [0.05, 0.1) is 12.0 Å². The maximum Gasteiger partial charge on any atom is 0.309 e. The molecule has 0 radical (unpaired) electrons. The maximum absolute atomic E-state index is 11.7. The van der Waals surface area contributed by atoms with Gasteiger partial charge in [0.25, 0.3) is 0 Å². The lowest BCUT2D eigenvalue weighted by atomic mass is 9.74. The van der Waals surface area contributed by atoms with Crippen LogP contribution in [-0.2, 0) is 9.59 Å². The van der Waals surface area contributed by atoms with Gasteiger partial charge in [0, 0.05) is 12.6 Å². The molecule has 1 amide bonds. The number of nitrogens with one attached hydrogen (secondary N) is 1. The van der Waals surface area contributed by atoms with Crippen molar-refractivity contribution in [3.8, 4) is 0 Å². The van der Waals surface area contributed by atoms with Crippen molar-refractivity contribution in [3.05, 3.63) is 0 Å². The van der Waals surface area contributed by atoms with Crippen molar-refractivity contribution in [1.82, 2.24) is 10.2 Å². The lowest BCUT2D eigenvalue weighted by Gasteiger charge is -2.39. The molecule has 2 N–H and O–H groups in total. The number of piperidine rings is 1. The average Bonchev–Trinajstić information content (AvgIpc) is 2.27. The molecule has 1 saturated heterocycles. The van der Waals surface area contributed by atoms with Crippen LogP contribution in [0.2, 0.25) is 0 Å². The van der Waals surface area contributed by atoms with Gasteiger partial charge in [-0.3, -0.25) is 14.5 Å². The molecule has 0 aromatic carbocycles. The van der Waals surface area contributed by atoms with E-state index in [1.807, 2.05) is 13.8 Å². The second-order valence-corrected chi connectivity index (χ2v) is 6.32. The third kappa shape index (κ3) is 4.49. The van der Waals surface area contributed by atoms with Crippen LogP contribution in [0.3, 0.4) is 0 Å². The molecule has 1 fully saturated rings. The Hall–Kier alpha value is -1.10. The molecule has 1 aliphatic rings. The molecule has 0 bridgehead atoms. The van der Waals surface area contributed by atoms with E-state index in [1.54, 1.807) is 13.8 Å². The van der Waals surface area contributed by atoms with Crippen LogP contribution >= 0.6 is 0 Å². The van der Waals surface area contributed by atoms with E-state index in [9.17, 15) is 14.7 Å². The van der Waals surface area contributed by atoms with Gasteiger partial charge in [-0.05, 0) is 53.0 Å². The first-order chi connectivity index (χ1) is 8.73. The molecule has 0 aromatic rings. The number of carboxylic acid groups (broad SMARTS) is 1. The van der Waals surface area contributed by atoms with Gasteiger partial charge in [-0.15, -0.1) is 0 Å². The minimum atomic E-state index is -0.758. The normalized spacial score (nSPS) is 21.4. The number of rotatable bonds is 5. The lowest BCUT2D eigenvalue weighted by Crippen LogP contribution is -2.48. The minimum absolute atomic E-state index is 0.0174. The van der Waals surface area contributed by atoms with Gasteiger partial charge in [-0.2, -0.15) is 0 Å². The second-order valence-electron chi connectivity index (χ2n) is 6.32. The molecule has 5 heteroatoms. The fraction of sp³-hybridized carbons (Fsp3) is 0.857. The predicted molar refractivity (Wildman–Crippen MR) is 73.9 cm³/mol. The molecule has 1 rings (SSSR count). The SMILES string of the molecule is CC(C)NC(=O)CN1CCCC(C(C)(C)C(=O)O)C1. The van der Waals surface area contributed by atoms with Crippen molar-refractivity contribution in [2.24, 2.45) is 11.3 Å². The molecule has 0 aliphatic carbocycles. The average molecular weight is 270 g/mol. The second kappa shape index (κ2) is 6.37. The fourth-order valence-electron chi connectivity index (χ4n) is 2.53. The number of nitrogens with zero attached hydrogens (tertiary/aromatic N) is 1. The van der Waals surface area contributed by atoms with E-state index < -0.39 is 11.4 Å². The quantitative estimate of drug-likeness (QED) is 0.791. The van der Waals surface area contributed by atoms with Crippen molar-refractivity contribution in [1.29, 1.82) is 0 Å². The Morgan fingerprint density at radius 3 is 2.58 bits per heavy atom. The fourth-order valence-corrected chi connectivity index (χ4v) is 2.53. The Morgan fingerprint density at radius 2 is 2.05 bits per heavy atom. The van der Waals surface area contributed by atoms with Gasteiger partial charge in [-0.1, -0.05) is 0 Å². The molecular weight excluding hydrogens is 244 g/mol. The molecule has 0 spiro atoms. The summed E-state index contributed by atoms with van der Waals surface area (Å²) in [6.07, 6.45) is 1.87. The van der Waals surface area contributed by atoms with Crippen molar-refractivity contribution in [3.63, 3.8) is 0 Å². The van der Waals surface area contributed by atoms with Crippen LogP contribution in [0, 0.1) is 11.3 Å². The zero-order valence-electron chi connectivity index (χ0n) is 12.4. The predicted octanol–water partition coefficient (Wildman–Crippen LogP) is 1.33. The molecule has 1 aliphatic heterocycles. The van der Waals surface area contributed by atoms with Gasteiger partial charge >= 0.3 is 5.97 Å². The smallest absolute Gasteiger partial charge is 0.309 e. The Labute approximate surface area is 115 Å². The van der Waals surface area contributed by atoms with E-state index in [4.69, 9.17) is 0 Å². The topological polar surface area (TPSA) is 69.6 Å². The first kappa shape index (κ1) is 16.0. The highest BCUT2D eigenvalue weighted by Gasteiger charge is 2.39. The highest BCUT2D eigenvalue weighted by molar-refractivity contribution is 5.78. The van der Waals surface area contributed by atoms with Crippen molar-refractivity contribution < 1.29 is 14.7 Å². The minimum Gasteiger partial charge on any atom is -0.481 e. The van der Waals surface area contributed by atoms with Gasteiger partial charge in [-0.25, -0.2) is 0 Å². The molecule has 1 atom stereocenters. The number of carbonyl (C=O) groups is 2. The number of hydrogen-bond donors (Lipinski definition) is 2. The number of aliphatic carboxylic acids is 1. The Kier molecular flexibility index (Phi) is 5.35. The number of carboxylic acids is 1. The highest BCUT2D eigenvalue weighted by atomic mass is 16.4. The molecule has 110 valence electrons. The molecule has 1 heterocycles. The van der Waals surface area contributed by atoms with E-state index in [0.29, 0.717) is 13.1 Å². The van der Waals surface area contributed by atoms with Gasteiger partial charge in [0.2, 0.25) is 5.91 Å². The first-order valence-corrected chi connectivity index (χ1v) is 6.98. The van der Waals surface area contributed by atoms with Gasteiger partial charge in [0.1, 0.15) is 0 Å². The van der Waals surface area contributed by atoms with Crippen LogP contribution in [-0.4, -0.2) is 47.6 Å². The largest absolute Gasteiger partial charge is 0.481 e.